The maximum absolute atomic E-state index is 12.4. The number of anilines is 1. The van der Waals surface area contributed by atoms with Crippen LogP contribution in [-0.4, -0.2) is 36.8 Å². The number of nitrogens with one attached hydrogen (secondary N) is 2. The molecule has 0 fully saturated rings. The van der Waals surface area contributed by atoms with Gasteiger partial charge in [-0.3, -0.25) is 9.20 Å². The number of hydrogen-bond donors (Lipinski definition) is 3. The highest BCUT2D eigenvalue weighted by Crippen LogP contribution is 2.22. The monoisotopic (exact) mass is 311 g/mol. The number of primary amides is 1. The highest BCUT2D eigenvalue weighted by atomic mass is 32.2. The van der Waals surface area contributed by atoms with Crippen LogP contribution in [0.5, 0.6) is 0 Å². The normalized spacial score (nSPS) is 11.7. The number of sulfonamides is 1. The van der Waals surface area contributed by atoms with E-state index < -0.39 is 15.9 Å². The average molecular weight is 311 g/mol. The van der Waals surface area contributed by atoms with Crippen molar-refractivity contribution in [2.45, 2.75) is 18.4 Å². The van der Waals surface area contributed by atoms with Crippen molar-refractivity contribution >= 4 is 27.4 Å². The molecule has 114 valence electrons. The molecule has 4 N–H and O–H groups in total. The Bertz CT molecular complexity index is 753. The summed E-state index contributed by atoms with van der Waals surface area (Å²) in [4.78, 5) is 15.0. The van der Waals surface area contributed by atoms with Crippen molar-refractivity contribution < 1.29 is 13.2 Å². The van der Waals surface area contributed by atoms with Crippen LogP contribution in [0.2, 0.25) is 0 Å². The molecule has 1 amide bonds. The van der Waals surface area contributed by atoms with Crippen molar-refractivity contribution in [3.05, 3.63) is 24.4 Å². The van der Waals surface area contributed by atoms with Gasteiger partial charge in [0.15, 0.2) is 10.8 Å². The third-order valence-electron chi connectivity index (χ3n) is 2.75. The molecule has 0 bridgehead atoms. The zero-order chi connectivity index (χ0) is 15.5. The smallest absolute Gasteiger partial charge is 0.260 e. The third kappa shape index (κ3) is 3.31. The molecule has 0 radical (unpaired) electrons. The van der Waals surface area contributed by atoms with Gasteiger partial charge in [0.05, 0.1) is 0 Å². The molecule has 2 rings (SSSR count). The highest BCUT2D eigenvalue weighted by molar-refractivity contribution is 7.89. The molecule has 0 saturated carbocycles. The summed E-state index contributed by atoms with van der Waals surface area (Å²) in [6, 6.07) is 5.20. The topological polar surface area (TPSA) is 119 Å². The number of carbonyl (C=O) groups is 1. The number of nitrogens with zero attached hydrogens (tertiary/aromatic N) is 2. The summed E-state index contributed by atoms with van der Waals surface area (Å²) < 4.78 is 28.7. The summed E-state index contributed by atoms with van der Waals surface area (Å²) in [7, 11) is -3.81. The van der Waals surface area contributed by atoms with Crippen molar-refractivity contribution in [2.24, 2.45) is 5.73 Å². The third-order valence-corrected chi connectivity index (χ3v) is 4.23. The Morgan fingerprint density at radius 3 is 2.86 bits per heavy atom. The van der Waals surface area contributed by atoms with Gasteiger partial charge in [-0.25, -0.2) is 18.1 Å². The van der Waals surface area contributed by atoms with Crippen molar-refractivity contribution in [3.8, 4) is 0 Å². The fourth-order valence-electron chi connectivity index (χ4n) is 1.89. The minimum Gasteiger partial charge on any atom is -0.370 e. The van der Waals surface area contributed by atoms with Crippen molar-refractivity contribution in [1.82, 2.24) is 14.1 Å². The van der Waals surface area contributed by atoms with Crippen molar-refractivity contribution in [2.75, 3.05) is 18.4 Å². The minimum atomic E-state index is -3.81. The molecule has 21 heavy (non-hydrogen) atoms. The molecule has 2 aromatic heterocycles. The van der Waals surface area contributed by atoms with Crippen LogP contribution in [-0.2, 0) is 14.8 Å². The van der Waals surface area contributed by atoms with Gasteiger partial charge in [-0.1, -0.05) is 6.07 Å². The van der Waals surface area contributed by atoms with E-state index in [1.54, 1.807) is 24.4 Å². The largest absolute Gasteiger partial charge is 0.370 e. The summed E-state index contributed by atoms with van der Waals surface area (Å²) in [5.41, 5.74) is 5.52. The Balaban J connectivity index is 2.42. The molecule has 0 aliphatic carbocycles. The summed E-state index contributed by atoms with van der Waals surface area (Å²) in [6.07, 6.45) is 1.55. The Morgan fingerprint density at radius 2 is 2.19 bits per heavy atom. The van der Waals surface area contributed by atoms with Gasteiger partial charge >= 0.3 is 0 Å². The van der Waals surface area contributed by atoms with Gasteiger partial charge in [-0.2, -0.15) is 0 Å². The van der Waals surface area contributed by atoms with Crippen LogP contribution in [0.25, 0.3) is 5.65 Å². The molecule has 0 atom stereocenters. The van der Waals surface area contributed by atoms with Gasteiger partial charge in [-0.15, -0.1) is 0 Å². The first-order chi connectivity index (χ1) is 9.95. The Morgan fingerprint density at radius 1 is 1.43 bits per heavy atom. The minimum absolute atomic E-state index is 0.0180. The second kappa shape index (κ2) is 6.10. The summed E-state index contributed by atoms with van der Waals surface area (Å²) >= 11 is 0. The first-order valence-electron chi connectivity index (χ1n) is 6.44. The molecular formula is C12H17N5O3S. The molecule has 0 aliphatic heterocycles. The lowest BCUT2D eigenvalue weighted by atomic mass is 10.4. The Labute approximate surface area is 122 Å². The van der Waals surface area contributed by atoms with E-state index in [1.165, 1.54) is 4.40 Å². The van der Waals surface area contributed by atoms with Gasteiger partial charge in [0.2, 0.25) is 5.91 Å². The van der Waals surface area contributed by atoms with E-state index in [9.17, 15) is 13.2 Å². The van der Waals surface area contributed by atoms with Gasteiger partial charge in [0.25, 0.3) is 10.0 Å². The molecule has 0 spiro atoms. The molecule has 8 nitrogen and oxygen atoms in total. The zero-order valence-electron chi connectivity index (χ0n) is 11.5. The SMILES string of the molecule is CCNc1nc2ccccn2c1S(=O)(=O)NCCC(N)=O. The summed E-state index contributed by atoms with van der Waals surface area (Å²) in [5, 5.41) is 2.95. The molecule has 2 heterocycles. The molecule has 0 unspecified atom stereocenters. The predicted octanol–water partition coefficient (Wildman–Crippen LogP) is -0.0802. The number of nitrogens with two attached hydrogens (primary N) is 1. The molecule has 0 aliphatic rings. The number of hydrogen-bond acceptors (Lipinski definition) is 5. The van der Waals surface area contributed by atoms with Gasteiger partial charge in [0, 0.05) is 25.7 Å². The van der Waals surface area contributed by atoms with Crippen LogP contribution in [0.1, 0.15) is 13.3 Å². The molecule has 2 aromatic rings. The number of carbonyl (C=O) groups excluding carboxylic acids is 1. The average Bonchev–Trinajstić information content (AvgIpc) is 2.77. The molecule has 0 aromatic carbocycles. The number of imidazole rings is 1. The fraction of sp³-hybridized carbons (Fsp3) is 0.333. The van der Waals surface area contributed by atoms with Crippen LogP contribution in [0.4, 0.5) is 5.82 Å². The van der Waals surface area contributed by atoms with E-state index in [2.05, 4.69) is 15.0 Å². The van der Waals surface area contributed by atoms with Crippen LogP contribution < -0.4 is 15.8 Å². The molecular weight excluding hydrogens is 294 g/mol. The fourth-order valence-corrected chi connectivity index (χ4v) is 3.18. The quantitative estimate of drug-likeness (QED) is 0.661. The van der Waals surface area contributed by atoms with Gasteiger partial charge in [0.1, 0.15) is 5.65 Å². The van der Waals surface area contributed by atoms with E-state index in [1.807, 2.05) is 6.92 Å². The molecule has 9 heteroatoms. The first-order valence-corrected chi connectivity index (χ1v) is 7.93. The van der Waals surface area contributed by atoms with E-state index >= 15 is 0 Å². The maximum atomic E-state index is 12.4. The van der Waals surface area contributed by atoms with Crippen molar-refractivity contribution in [1.29, 1.82) is 0 Å². The zero-order valence-corrected chi connectivity index (χ0v) is 12.4. The number of amides is 1. The molecule has 0 saturated heterocycles. The number of aromatic nitrogens is 2. The number of rotatable bonds is 7. The Kier molecular flexibility index (Phi) is 4.43. The lowest BCUT2D eigenvalue weighted by Gasteiger charge is -2.08. The van der Waals surface area contributed by atoms with E-state index in [0.29, 0.717) is 12.2 Å². The first kappa shape index (κ1) is 15.3. The van der Waals surface area contributed by atoms with E-state index in [-0.39, 0.29) is 23.8 Å². The van der Waals surface area contributed by atoms with Crippen LogP contribution in [0.15, 0.2) is 29.4 Å². The number of fused-ring (bicyclic) bond motifs is 1. The number of pyridine rings is 1. The van der Waals surface area contributed by atoms with E-state index in [4.69, 9.17) is 5.73 Å². The van der Waals surface area contributed by atoms with Crippen molar-refractivity contribution in [3.63, 3.8) is 0 Å². The lowest BCUT2D eigenvalue weighted by Crippen LogP contribution is -2.29. The summed E-state index contributed by atoms with van der Waals surface area (Å²) in [5.74, 6) is -0.293. The predicted molar refractivity (Wildman–Crippen MR) is 78.4 cm³/mol. The van der Waals surface area contributed by atoms with Gasteiger partial charge in [-0.05, 0) is 19.1 Å². The Hall–Kier alpha value is -2.13. The second-order valence-electron chi connectivity index (χ2n) is 4.34. The summed E-state index contributed by atoms with van der Waals surface area (Å²) in [6.45, 7) is 2.33. The standard InChI is InChI=1S/C12H17N5O3S/c1-2-14-11-12(17-8-4-3-5-10(17)16-11)21(19,20)15-7-6-9(13)18/h3-5,8,14-15H,2,6-7H2,1H3,(H2,13,18). The highest BCUT2D eigenvalue weighted by Gasteiger charge is 2.24. The van der Waals surface area contributed by atoms with Gasteiger partial charge < -0.3 is 11.1 Å². The maximum Gasteiger partial charge on any atom is 0.260 e. The lowest BCUT2D eigenvalue weighted by molar-refractivity contribution is -0.117. The van der Waals surface area contributed by atoms with Crippen LogP contribution >= 0.6 is 0 Å². The van der Waals surface area contributed by atoms with Crippen LogP contribution in [0, 0.1) is 0 Å². The van der Waals surface area contributed by atoms with E-state index in [0.717, 1.165) is 0 Å². The second-order valence-corrected chi connectivity index (χ2v) is 6.02. The van der Waals surface area contributed by atoms with Crippen LogP contribution in [0.3, 0.4) is 0 Å².